The van der Waals surface area contributed by atoms with Gasteiger partial charge in [0.05, 0.1) is 21.1 Å². The number of fused-ring (bicyclic) bond motifs is 3. The van der Waals surface area contributed by atoms with Crippen LogP contribution in [-0.2, 0) is 4.74 Å². The van der Waals surface area contributed by atoms with Crippen LogP contribution in [-0.4, -0.2) is 115 Å². The maximum absolute atomic E-state index is 16.9. The average Bonchev–Trinajstić information content (AvgIpc) is 3.95. The van der Waals surface area contributed by atoms with Crippen molar-refractivity contribution < 1.29 is 36.9 Å². The average molecular weight is 814 g/mol. The zero-order valence-corrected chi connectivity index (χ0v) is 32.4. The summed E-state index contributed by atoms with van der Waals surface area (Å²) in [6.07, 6.45) is 2.89. The van der Waals surface area contributed by atoms with Crippen LogP contribution in [0.5, 0.6) is 6.01 Å². The predicted molar refractivity (Wildman–Crippen MR) is 205 cm³/mol. The summed E-state index contributed by atoms with van der Waals surface area (Å²) in [6, 6.07) is 2.42. The Morgan fingerprint density at radius 1 is 1.12 bits per heavy atom. The Balaban J connectivity index is 1.13. The Labute approximate surface area is 327 Å². The third-order valence-electron chi connectivity index (χ3n) is 10.2. The van der Waals surface area contributed by atoms with Crippen molar-refractivity contribution in [2.24, 2.45) is 0 Å². The van der Waals surface area contributed by atoms with Gasteiger partial charge in [-0.25, -0.2) is 32.3 Å². The summed E-state index contributed by atoms with van der Waals surface area (Å²) in [5, 5.41) is 15.8. The number of nitrogens with zero attached hydrogens (tertiary/aromatic N) is 8. The molecule has 1 unspecified atom stereocenters. The molecule has 2 N–H and O–H groups in total. The summed E-state index contributed by atoms with van der Waals surface area (Å²) in [6.45, 7) is 7.33. The minimum atomic E-state index is -1.48. The van der Waals surface area contributed by atoms with Gasteiger partial charge in [0.1, 0.15) is 52.1 Å². The lowest BCUT2D eigenvalue weighted by Gasteiger charge is -2.37. The Hall–Kier alpha value is -4.56. The number of anilines is 2. The van der Waals surface area contributed by atoms with E-state index in [9.17, 15) is 18.7 Å². The standard InChI is InChI=1S/C37H39F4N9O4S2/c1-36(2,3)54-35(52)47-34-45-29-21(5-6-23(39)30(29)56-34)27-26(41)28-22(17-43-27)31(46-33(44-28)53-19-37-7-4-9-50(37)18-20(38)16-37)48-10-12-49(13-11-48)32(51)24(40)15-25-42-8-14-55-25/h5-6,8,14-15,17,20,32,51H,4,7,9-13,16,18-19H2,1-3H3,(H,45,47,52)/b24-15-/t20-,32?,37+/m1/s1. The molecule has 19 heteroatoms. The first-order chi connectivity index (χ1) is 26.8. The van der Waals surface area contributed by atoms with Crippen LogP contribution < -0.4 is 15.0 Å². The van der Waals surface area contributed by atoms with E-state index in [0.29, 0.717) is 23.8 Å². The largest absolute Gasteiger partial charge is 0.461 e. The number of alkyl halides is 1. The molecule has 0 aliphatic carbocycles. The Morgan fingerprint density at radius 3 is 2.68 bits per heavy atom. The minimum absolute atomic E-state index is 0.0488. The third-order valence-corrected chi connectivity index (χ3v) is 11.9. The molecule has 0 spiro atoms. The SMILES string of the molecule is CC(C)(C)OC(=O)Nc1nc2c(-c3ncc4c(N5CCN(C(O)/C(F)=C/c6nccs6)CC5)nc(OC[C@@]56CCCN5C[C@H](F)C6)nc4c3F)ccc(F)c2s1. The summed E-state index contributed by atoms with van der Waals surface area (Å²) in [5.41, 5.74) is -1.36. The van der Waals surface area contributed by atoms with Crippen molar-refractivity contribution in [3.8, 4) is 17.3 Å². The van der Waals surface area contributed by atoms with Gasteiger partial charge in [0, 0.05) is 68.6 Å². The van der Waals surface area contributed by atoms with Crippen molar-refractivity contribution >= 4 is 66.9 Å². The molecule has 13 nitrogen and oxygen atoms in total. The summed E-state index contributed by atoms with van der Waals surface area (Å²) < 4.78 is 73.2. The number of piperazine rings is 1. The topological polar surface area (TPSA) is 142 Å². The molecule has 3 fully saturated rings. The van der Waals surface area contributed by atoms with Crippen LogP contribution in [0.1, 0.15) is 45.0 Å². The lowest BCUT2D eigenvalue weighted by Crippen LogP contribution is -2.51. The Bertz CT molecular complexity index is 2300. The number of hydrogen-bond donors (Lipinski definition) is 2. The van der Waals surface area contributed by atoms with Crippen LogP contribution in [0.2, 0.25) is 0 Å². The van der Waals surface area contributed by atoms with Crippen LogP contribution in [0.4, 0.5) is 33.3 Å². The van der Waals surface area contributed by atoms with Gasteiger partial charge >= 0.3 is 12.1 Å². The third kappa shape index (κ3) is 7.61. The number of carbonyl (C=O) groups excluding carboxylic acids is 1. The number of pyridine rings is 1. The molecule has 3 aliphatic rings. The van der Waals surface area contributed by atoms with Gasteiger partial charge in [-0.2, -0.15) is 9.97 Å². The van der Waals surface area contributed by atoms with Crippen LogP contribution in [0, 0.1) is 11.6 Å². The zero-order valence-electron chi connectivity index (χ0n) is 30.8. The van der Waals surface area contributed by atoms with Gasteiger partial charge in [-0.05, 0) is 52.3 Å². The molecule has 5 aromatic rings. The van der Waals surface area contributed by atoms with Gasteiger partial charge in [-0.15, -0.1) is 11.3 Å². The van der Waals surface area contributed by atoms with Crippen molar-refractivity contribution in [3.05, 3.63) is 52.4 Å². The molecule has 3 atom stereocenters. The number of carbonyl (C=O) groups is 1. The second-order valence-corrected chi connectivity index (χ2v) is 17.0. The second kappa shape index (κ2) is 15.1. The number of nitrogens with one attached hydrogen (secondary N) is 1. The number of thiazole rings is 2. The highest BCUT2D eigenvalue weighted by Gasteiger charge is 2.49. The fourth-order valence-electron chi connectivity index (χ4n) is 7.62. The van der Waals surface area contributed by atoms with Gasteiger partial charge in [0.15, 0.2) is 17.2 Å². The van der Waals surface area contributed by atoms with Crippen LogP contribution >= 0.6 is 22.7 Å². The molecule has 296 valence electrons. The predicted octanol–water partition coefficient (Wildman–Crippen LogP) is 6.79. The second-order valence-electron chi connectivity index (χ2n) is 15.1. The number of rotatable bonds is 9. The highest BCUT2D eigenvalue weighted by atomic mass is 32.1. The van der Waals surface area contributed by atoms with E-state index in [1.54, 1.807) is 37.2 Å². The fourth-order valence-corrected chi connectivity index (χ4v) is 9.07. The zero-order chi connectivity index (χ0) is 39.4. The molecule has 0 saturated carbocycles. The van der Waals surface area contributed by atoms with Gasteiger partial charge < -0.3 is 19.5 Å². The molecule has 0 bridgehead atoms. The van der Waals surface area contributed by atoms with Gasteiger partial charge in [-0.1, -0.05) is 11.3 Å². The number of amides is 1. The molecule has 3 aliphatic heterocycles. The fraction of sp³-hybridized carbons (Fsp3) is 0.459. The van der Waals surface area contributed by atoms with Gasteiger partial charge in [-0.3, -0.25) is 20.1 Å². The van der Waals surface area contributed by atoms with E-state index in [4.69, 9.17) is 14.5 Å². The quantitative estimate of drug-likeness (QED) is 0.152. The number of hydrogen-bond acceptors (Lipinski definition) is 14. The number of benzene rings is 1. The molecular formula is C37H39F4N9O4S2. The normalized spacial score (nSPS) is 21.5. The number of aliphatic hydroxyl groups is 1. The van der Waals surface area contributed by atoms with E-state index >= 15 is 8.78 Å². The van der Waals surface area contributed by atoms with Crippen LogP contribution in [0.25, 0.3) is 38.5 Å². The number of aromatic nitrogens is 5. The molecule has 8 rings (SSSR count). The number of ether oxygens (including phenoxy) is 2. The summed E-state index contributed by atoms with van der Waals surface area (Å²) in [5.74, 6) is -1.88. The van der Waals surface area contributed by atoms with E-state index in [1.165, 1.54) is 35.7 Å². The van der Waals surface area contributed by atoms with E-state index < -0.39 is 47.1 Å². The summed E-state index contributed by atoms with van der Waals surface area (Å²) in [7, 11) is 0. The molecule has 0 radical (unpaired) electrons. The van der Waals surface area contributed by atoms with Crippen molar-refractivity contribution in [2.45, 2.75) is 63.6 Å². The Kier molecular flexibility index (Phi) is 10.3. The maximum Gasteiger partial charge on any atom is 0.413 e. The summed E-state index contributed by atoms with van der Waals surface area (Å²) >= 11 is 2.12. The first-order valence-electron chi connectivity index (χ1n) is 18.2. The maximum atomic E-state index is 16.9. The first kappa shape index (κ1) is 38.3. The van der Waals surface area contributed by atoms with Crippen molar-refractivity contribution in [1.82, 2.24) is 34.7 Å². The van der Waals surface area contributed by atoms with E-state index in [2.05, 4.69) is 30.2 Å². The Morgan fingerprint density at radius 2 is 1.93 bits per heavy atom. The van der Waals surface area contributed by atoms with Gasteiger partial charge in [0.2, 0.25) is 0 Å². The molecular weight excluding hydrogens is 775 g/mol. The highest BCUT2D eigenvalue weighted by molar-refractivity contribution is 7.22. The first-order valence-corrected chi connectivity index (χ1v) is 19.9. The molecule has 1 aromatic carbocycles. The molecule has 3 saturated heterocycles. The molecule has 4 aromatic heterocycles. The van der Waals surface area contributed by atoms with Crippen molar-refractivity contribution in [2.75, 3.05) is 56.1 Å². The van der Waals surface area contributed by atoms with Crippen molar-refractivity contribution in [3.63, 3.8) is 0 Å². The van der Waals surface area contributed by atoms with E-state index in [-0.39, 0.29) is 76.3 Å². The van der Waals surface area contributed by atoms with Crippen molar-refractivity contribution in [1.29, 1.82) is 0 Å². The van der Waals surface area contributed by atoms with Crippen LogP contribution in [0.15, 0.2) is 35.7 Å². The monoisotopic (exact) mass is 813 g/mol. The minimum Gasteiger partial charge on any atom is -0.461 e. The number of halogens is 4. The van der Waals surface area contributed by atoms with E-state index in [0.717, 1.165) is 30.7 Å². The summed E-state index contributed by atoms with van der Waals surface area (Å²) in [4.78, 5) is 40.2. The van der Waals surface area contributed by atoms with Crippen LogP contribution in [0.3, 0.4) is 0 Å². The number of aliphatic hydroxyl groups excluding tert-OH is 1. The highest BCUT2D eigenvalue weighted by Crippen LogP contribution is 2.42. The smallest absolute Gasteiger partial charge is 0.413 e. The lowest BCUT2D eigenvalue weighted by atomic mass is 9.95. The molecule has 56 heavy (non-hydrogen) atoms. The van der Waals surface area contributed by atoms with E-state index in [1.807, 2.05) is 4.90 Å². The lowest BCUT2D eigenvalue weighted by molar-refractivity contribution is 0.0140. The molecule has 7 heterocycles. The molecule has 1 amide bonds. The van der Waals surface area contributed by atoms with Gasteiger partial charge in [0.25, 0.3) is 0 Å².